The summed E-state index contributed by atoms with van der Waals surface area (Å²) in [5.74, 6) is 0.308. The fourth-order valence-corrected chi connectivity index (χ4v) is 1.78. The molecule has 0 saturated carbocycles. The van der Waals surface area contributed by atoms with Crippen LogP contribution in [-0.4, -0.2) is 22.4 Å². The Labute approximate surface area is 129 Å². The van der Waals surface area contributed by atoms with Gasteiger partial charge in [0.25, 0.3) is 5.91 Å². The molecule has 5 nitrogen and oxygen atoms in total. The molecule has 1 aromatic carbocycles. The summed E-state index contributed by atoms with van der Waals surface area (Å²) in [4.78, 5) is 20.0. The Balaban J connectivity index is 1.93. The number of rotatable bonds is 6. The summed E-state index contributed by atoms with van der Waals surface area (Å²) in [6.07, 6.45) is 3.81. The Morgan fingerprint density at radius 3 is 2.64 bits per heavy atom. The van der Waals surface area contributed by atoms with Crippen molar-refractivity contribution in [1.82, 2.24) is 15.3 Å². The predicted molar refractivity (Wildman–Crippen MR) is 83.5 cm³/mol. The van der Waals surface area contributed by atoms with Crippen LogP contribution in [0.2, 0.25) is 0 Å². The fraction of sp³-hybridized carbons (Fsp3) is 0.312. The number of amides is 1. The SMILES string of the molecule is CC(C)CCNC(=O)c1cnc(Nc2cccc(F)c2)nc1. The molecule has 1 amide bonds. The standard InChI is InChI=1S/C16H19FN4O/c1-11(2)6-7-18-15(22)12-9-19-16(20-10-12)21-14-5-3-4-13(17)8-14/h3-5,8-11H,6-7H2,1-2H3,(H,18,22)(H,19,20,21). The maximum Gasteiger partial charge on any atom is 0.254 e. The van der Waals surface area contributed by atoms with E-state index in [1.165, 1.54) is 24.5 Å². The summed E-state index contributed by atoms with van der Waals surface area (Å²) in [6, 6.07) is 6.00. The molecular formula is C16H19FN4O. The van der Waals surface area contributed by atoms with Crippen LogP contribution in [0.4, 0.5) is 16.0 Å². The monoisotopic (exact) mass is 302 g/mol. The molecule has 0 spiro atoms. The second kappa shape index (κ2) is 7.49. The summed E-state index contributed by atoms with van der Waals surface area (Å²) in [6.45, 7) is 4.82. The quantitative estimate of drug-likeness (QED) is 0.860. The van der Waals surface area contributed by atoms with Gasteiger partial charge >= 0.3 is 0 Å². The molecule has 1 aromatic heterocycles. The van der Waals surface area contributed by atoms with Crippen molar-refractivity contribution in [1.29, 1.82) is 0 Å². The average molecular weight is 302 g/mol. The molecule has 1 heterocycles. The Hall–Kier alpha value is -2.50. The summed E-state index contributed by atoms with van der Waals surface area (Å²) < 4.78 is 13.1. The largest absolute Gasteiger partial charge is 0.352 e. The third kappa shape index (κ3) is 4.80. The molecule has 0 aliphatic heterocycles. The van der Waals surface area contributed by atoms with Crippen molar-refractivity contribution in [3.05, 3.63) is 48.0 Å². The highest BCUT2D eigenvalue weighted by Gasteiger charge is 2.07. The Morgan fingerprint density at radius 1 is 1.27 bits per heavy atom. The zero-order valence-corrected chi connectivity index (χ0v) is 12.6. The average Bonchev–Trinajstić information content (AvgIpc) is 2.47. The molecule has 0 aliphatic rings. The van der Waals surface area contributed by atoms with Crippen molar-refractivity contribution in [3.8, 4) is 0 Å². The second-order valence-corrected chi connectivity index (χ2v) is 5.37. The van der Waals surface area contributed by atoms with Crippen molar-refractivity contribution < 1.29 is 9.18 Å². The van der Waals surface area contributed by atoms with E-state index in [4.69, 9.17) is 0 Å². The van der Waals surface area contributed by atoms with E-state index in [1.54, 1.807) is 12.1 Å². The molecule has 0 radical (unpaired) electrons. The topological polar surface area (TPSA) is 66.9 Å². The Kier molecular flexibility index (Phi) is 5.41. The number of anilines is 2. The van der Waals surface area contributed by atoms with E-state index in [9.17, 15) is 9.18 Å². The number of carbonyl (C=O) groups excluding carboxylic acids is 1. The van der Waals surface area contributed by atoms with Crippen molar-refractivity contribution in [2.75, 3.05) is 11.9 Å². The molecule has 0 saturated heterocycles. The highest BCUT2D eigenvalue weighted by molar-refractivity contribution is 5.93. The van der Waals surface area contributed by atoms with Gasteiger partial charge in [0.05, 0.1) is 5.56 Å². The minimum Gasteiger partial charge on any atom is -0.352 e. The second-order valence-electron chi connectivity index (χ2n) is 5.37. The first-order valence-corrected chi connectivity index (χ1v) is 7.17. The number of nitrogens with one attached hydrogen (secondary N) is 2. The maximum absolute atomic E-state index is 13.1. The smallest absolute Gasteiger partial charge is 0.254 e. The summed E-state index contributed by atoms with van der Waals surface area (Å²) >= 11 is 0. The van der Waals surface area contributed by atoms with Crippen LogP contribution in [0.3, 0.4) is 0 Å². The molecule has 0 bridgehead atoms. The van der Waals surface area contributed by atoms with E-state index in [1.807, 2.05) is 0 Å². The molecule has 2 rings (SSSR count). The summed E-state index contributed by atoms with van der Waals surface area (Å²) in [5, 5.41) is 5.69. The lowest BCUT2D eigenvalue weighted by Crippen LogP contribution is -2.25. The van der Waals surface area contributed by atoms with Gasteiger partial charge in [-0.2, -0.15) is 0 Å². The van der Waals surface area contributed by atoms with Gasteiger partial charge in [0.2, 0.25) is 5.95 Å². The number of hydrogen-bond donors (Lipinski definition) is 2. The zero-order chi connectivity index (χ0) is 15.9. The van der Waals surface area contributed by atoms with Crippen LogP contribution in [0.1, 0.15) is 30.6 Å². The summed E-state index contributed by atoms with van der Waals surface area (Å²) in [7, 11) is 0. The van der Waals surface area contributed by atoms with Gasteiger partial charge < -0.3 is 10.6 Å². The third-order valence-electron chi connectivity index (χ3n) is 3.00. The van der Waals surface area contributed by atoms with Gasteiger partial charge in [-0.3, -0.25) is 4.79 Å². The molecule has 0 atom stereocenters. The molecule has 0 aliphatic carbocycles. The van der Waals surface area contributed by atoms with Gasteiger partial charge in [0, 0.05) is 24.6 Å². The highest BCUT2D eigenvalue weighted by Crippen LogP contribution is 2.13. The molecule has 2 aromatic rings. The van der Waals surface area contributed by atoms with Gasteiger partial charge in [-0.15, -0.1) is 0 Å². The minimum atomic E-state index is -0.342. The van der Waals surface area contributed by atoms with Crippen molar-refractivity contribution in [2.24, 2.45) is 5.92 Å². The number of aromatic nitrogens is 2. The first-order chi connectivity index (χ1) is 10.5. The minimum absolute atomic E-state index is 0.196. The number of nitrogens with zero attached hydrogens (tertiary/aromatic N) is 2. The maximum atomic E-state index is 13.1. The predicted octanol–water partition coefficient (Wildman–Crippen LogP) is 3.14. The van der Waals surface area contributed by atoms with Crippen LogP contribution in [0, 0.1) is 11.7 Å². The first kappa shape index (κ1) is 15.9. The van der Waals surface area contributed by atoms with E-state index in [-0.39, 0.29) is 11.7 Å². The Morgan fingerprint density at radius 2 is 2.00 bits per heavy atom. The molecule has 0 fully saturated rings. The van der Waals surface area contributed by atoms with E-state index < -0.39 is 0 Å². The molecule has 6 heteroatoms. The first-order valence-electron chi connectivity index (χ1n) is 7.17. The molecule has 22 heavy (non-hydrogen) atoms. The van der Waals surface area contributed by atoms with E-state index in [0.29, 0.717) is 29.7 Å². The number of benzene rings is 1. The van der Waals surface area contributed by atoms with Crippen LogP contribution < -0.4 is 10.6 Å². The Bertz CT molecular complexity index is 628. The van der Waals surface area contributed by atoms with Gasteiger partial charge in [-0.25, -0.2) is 14.4 Å². The van der Waals surface area contributed by atoms with E-state index >= 15 is 0 Å². The van der Waals surface area contributed by atoms with Crippen LogP contribution in [0.5, 0.6) is 0 Å². The lowest BCUT2D eigenvalue weighted by atomic mass is 10.1. The fourth-order valence-electron chi connectivity index (χ4n) is 1.78. The van der Waals surface area contributed by atoms with Crippen molar-refractivity contribution in [3.63, 3.8) is 0 Å². The van der Waals surface area contributed by atoms with Gasteiger partial charge in [-0.05, 0) is 30.5 Å². The normalized spacial score (nSPS) is 10.5. The highest BCUT2D eigenvalue weighted by atomic mass is 19.1. The van der Waals surface area contributed by atoms with E-state index in [2.05, 4.69) is 34.4 Å². The van der Waals surface area contributed by atoms with Crippen molar-refractivity contribution >= 4 is 17.5 Å². The molecule has 2 N–H and O–H groups in total. The van der Waals surface area contributed by atoms with Gasteiger partial charge in [-0.1, -0.05) is 19.9 Å². The van der Waals surface area contributed by atoms with Crippen molar-refractivity contribution in [2.45, 2.75) is 20.3 Å². The lowest BCUT2D eigenvalue weighted by Gasteiger charge is -2.08. The van der Waals surface area contributed by atoms with E-state index in [0.717, 1.165) is 6.42 Å². The number of carbonyl (C=O) groups is 1. The molecular weight excluding hydrogens is 283 g/mol. The van der Waals surface area contributed by atoms with Crippen LogP contribution in [0.15, 0.2) is 36.7 Å². The van der Waals surface area contributed by atoms with Crippen LogP contribution in [0.25, 0.3) is 0 Å². The van der Waals surface area contributed by atoms with Gasteiger partial charge in [0.15, 0.2) is 0 Å². The third-order valence-corrected chi connectivity index (χ3v) is 3.00. The van der Waals surface area contributed by atoms with Crippen LogP contribution in [-0.2, 0) is 0 Å². The zero-order valence-electron chi connectivity index (χ0n) is 12.6. The molecule has 116 valence electrons. The van der Waals surface area contributed by atoms with Crippen LogP contribution >= 0.6 is 0 Å². The lowest BCUT2D eigenvalue weighted by molar-refractivity contribution is 0.0951. The number of halogens is 1. The molecule has 0 unspecified atom stereocenters. The number of hydrogen-bond acceptors (Lipinski definition) is 4. The van der Waals surface area contributed by atoms with Gasteiger partial charge in [0.1, 0.15) is 5.82 Å². The summed E-state index contributed by atoms with van der Waals surface area (Å²) in [5.41, 5.74) is 0.947.